The van der Waals surface area contributed by atoms with E-state index in [1.54, 1.807) is 32.4 Å². The van der Waals surface area contributed by atoms with Crippen molar-refractivity contribution in [2.45, 2.75) is 12.3 Å². The van der Waals surface area contributed by atoms with Crippen LogP contribution in [0.1, 0.15) is 23.5 Å². The summed E-state index contributed by atoms with van der Waals surface area (Å²) in [6.45, 7) is -0.385. The molecule has 0 fully saturated rings. The Morgan fingerprint density at radius 1 is 1.04 bits per heavy atom. The number of hydrogen-bond donors (Lipinski definition) is 2. The first kappa shape index (κ1) is 18.6. The van der Waals surface area contributed by atoms with Crippen LogP contribution >= 0.6 is 0 Å². The summed E-state index contributed by atoms with van der Waals surface area (Å²) < 4.78 is 15.9. The molecule has 25 heavy (non-hydrogen) atoms. The third kappa shape index (κ3) is 4.87. The molecule has 0 heterocycles. The van der Waals surface area contributed by atoms with Crippen LogP contribution in [0.4, 0.5) is 0 Å². The number of aliphatic carboxylic acids is 1. The van der Waals surface area contributed by atoms with Gasteiger partial charge < -0.3 is 24.4 Å². The number of hydrogen-bond acceptors (Lipinski definition) is 5. The smallest absolute Gasteiger partial charge is 0.341 e. The van der Waals surface area contributed by atoms with E-state index in [9.17, 15) is 9.90 Å². The minimum atomic E-state index is -1.03. The molecule has 6 heteroatoms. The lowest BCUT2D eigenvalue weighted by atomic mass is 9.88. The molecule has 0 amide bonds. The van der Waals surface area contributed by atoms with Gasteiger partial charge in [0.05, 0.1) is 14.2 Å². The highest BCUT2D eigenvalue weighted by molar-refractivity contribution is 5.68. The number of ether oxygens (including phenoxy) is 3. The summed E-state index contributed by atoms with van der Waals surface area (Å²) >= 11 is 0. The zero-order chi connectivity index (χ0) is 18.2. The van der Waals surface area contributed by atoms with Crippen molar-refractivity contribution in [3.63, 3.8) is 0 Å². The molecule has 1 atom stereocenters. The van der Waals surface area contributed by atoms with Crippen LogP contribution in [-0.4, -0.2) is 43.6 Å². The fraction of sp³-hybridized carbons (Fsp3) is 0.316. The van der Waals surface area contributed by atoms with Gasteiger partial charge in [-0.1, -0.05) is 18.2 Å². The molecule has 2 aromatic carbocycles. The van der Waals surface area contributed by atoms with E-state index in [1.807, 2.05) is 24.3 Å². The summed E-state index contributed by atoms with van der Waals surface area (Å²) in [5.41, 5.74) is 1.88. The number of carboxylic acid groups (broad SMARTS) is 1. The second-order valence-corrected chi connectivity index (χ2v) is 5.43. The van der Waals surface area contributed by atoms with Crippen molar-refractivity contribution in [1.82, 2.24) is 0 Å². The van der Waals surface area contributed by atoms with Gasteiger partial charge in [-0.05, 0) is 41.8 Å². The van der Waals surface area contributed by atoms with Gasteiger partial charge in [-0.25, -0.2) is 4.79 Å². The van der Waals surface area contributed by atoms with E-state index in [-0.39, 0.29) is 12.5 Å². The molecule has 0 bridgehead atoms. The Hall–Kier alpha value is -2.73. The molecule has 0 saturated heterocycles. The Morgan fingerprint density at radius 2 is 1.76 bits per heavy atom. The van der Waals surface area contributed by atoms with Crippen molar-refractivity contribution in [2.24, 2.45) is 0 Å². The van der Waals surface area contributed by atoms with E-state index in [2.05, 4.69) is 0 Å². The fourth-order valence-corrected chi connectivity index (χ4v) is 2.69. The van der Waals surface area contributed by atoms with Crippen molar-refractivity contribution in [1.29, 1.82) is 0 Å². The molecular formula is C19H22O6. The SMILES string of the molecule is COc1ccc([C@H](CCO)c2cccc(OCC(=O)O)c2)cc1OC. The van der Waals surface area contributed by atoms with Crippen molar-refractivity contribution < 1.29 is 29.2 Å². The standard InChI is InChI=1S/C19H22O6/c1-23-17-7-6-14(11-18(17)24-2)16(8-9-20)13-4-3-5-15(10-13)25-12-19(21)22/h3-7,10-11,16,20H,8-9,12H2,1-2H3,(H,21,22)/t16-/m1/s1. The van der Waals surface area contributed by atoms with Gasteiger partial charge in [-0.3, -0.25) is 0 Å². The summed E-state index contributed by atoms with van der Waals surface area (Å²) in [5.74, 6) is 0.604. The zero-order valence-electron chi connectivity index (χ0n) is 14.3. The number of methoxy groups -OCH3 is 2. The Balaban J connectivity index is 2.34. The van der Waals surface area contributed by atoms with Crippen LogP contribution < -0.4 is 14.2 Å². The van der Waals surface area contributed by atoms with Crippen LogP contribution in [0.2, 0.25) is 0 Å². The lowest BCUT2D eigenvalue weighted by Gasteiger charge is -2.19. The van der Waals surface area contributed by atoms with E-state index in [1.165, 1.54) is 0 Å². The molecule has 0 spiro atoms. The largest absolute Gasteiger partial charge is 0.493 e. The lowest BCUT2D eigenvalue weighted by Crippen LogP contribution is -2.10. The van der Waals surface area contributed by atoms with Crippen LogP contribution in [0, 0.1) is 0 Å². The van der Waals surface area contributed by atoms with Crippen molar-refractivity contribution in [3.05, 3.63) is 53.6 Å². The molecule has 0 aromatic heterocycles. The molecule has 0 aliphatic rings. The molecule has 0 aliphatic carbocycles. The number of benzene rings is 2. The van der Waals surface area contributed by atoms with Gasteiger partial charge in [-0.15, -0.1) is 0 Å². The molecular weight excluding hydrogens is 324 g/mol. The van der Waals surface area contributed by atoms with Crippen LogP contribution in [0.15, 0.2) is 42.5 Å². The van der Waals surface area contributed by atoms with E-state index in [4.69, 9.17) is 19.3 Å². The Morgan fingerprint density at radius 3 is 2.40 bits per heavy atom. The number of carbonyl (C=O) groups is 1. The van der Waals surface area contributed by atoms with E-state index >= 15 is 0 Å². The predicted molar refractivity (Wildman–Crippen MR) is 92.7 cm³/mol. The van der Waals surface area contributed by atoms with Gasteiger partial charge in [0.25, 0.3) is 0 Å². The molecule has 2 N–H and O–H groups in total. The Bertz CT molecular complexity index is 713. The van der Waals surface area contributed by atoms with Gasteiger partial charge >= 0.3 is 5.97 Å². The summed E-state index contributed by atoms with van der Waals surface area (Å²) in [5, 5.41) is 18.2. The highest BCUT2D eigenvalue weighted by Crippen LogP contribution is 2.35. The third-order valence-electron chi connectivity index (χ3n) is 3.85. The van der Waals surface area contributed by atoms with Gasteiger partial charge in [0.2, 0.25) is 0 Å². The average Bonchev–Trinajstić information content (AvgIpc) is 2.64. The van der Waals surface area contributed by atoms with E-state index in [0.29, 0.717) is 23.7 Å². The quantitative estimate of drug-likeness (QED) is 0.726. The molecule has 0 radical (unpaired) electrons. The van der Waals surface area contributed by atoms with Gasteiger partial charge in [-0.2, -0.15) is 0 Å². The Labute approximate surface area is 146 Å². The summed E-state index contributed by atoms with van der Waals surface area (Å²) in [4.78, 5) is 10.7. The maximum absolute atomic E-state index is 10.7. The van der Waals surface area contributed by atoms with Gasteiger partial charge in [0.1, 0.15) is 5.75 Å². The number of rotatable bonds is 9. The predicted octanol–water partition coefficient (Wildman–Crippen LogP) is 2.68. The van der Waals surface area contributed by atoms with Crippen molar-refractivity contribution in [3.8, 4) is 17.2 Å². The highest BCUT2D eigenvalue weighted by atomic mass is 16.5. The summed E-state index contributed by atoms with van der Waals surface area (Å²) in [7, 11) is 3.15. The molecule has 134 valence electrons. The van der Waals surface area contributed by atoms with Crippen molar-refractivity contribution >= 4 is 5.97 Å². The monoisotopic (exact) mass is 346 g/mol. The first-order valence-electron chi connectivity index (χ1n) is 7.86. The van der Waals surface area contributed by atoms with Crippen LogP contribution in [0.3, 0.4) is 0 Å². The topological polar surface area (TPSA) is 85.2 Å². The number of carboxylic acids is 1. The van der Waals surface area contributed by atoms with Crippen LogP contribution in [-0.2, 0) is 4.79 Å². The van der Waals surface area contributed by atoms with Crippen LogP contribution in [0.25, 0.3) is 0 Å². The van der Waals surface area contributed by atoms with Crippen LogP contribution in [0.5, 0.6) is 17.2 Å². The number of aliphatic hydroxyl groups is 1. The summed E-state index contributed by atoms with van der Waals surface area (Å²) in [6, 6.07) is 12.8. The second-order valence-electron chi connectivity index (χ2n) is 5.43. The molecule has 2 rings (SSSR count). The summed E-state index contributed by atoms with van der Waals surface area (Å²) in [6.07, 6.45) is 0.512. The highest BCUT2D eigenvalue weighted by Gasteiger charge is 2.17. The molecule has 2 aromatic rings. The van der Waals surface area contributed by atoms with Gasteiger partial charge in [0.15, 0.2) is 18.1 Å². The van der Waals surface area contributed by atoms with E-state index in [0.717, 1.165) is 11.1 Å². The third-order valence-corrected chi connectivity index (χ3v) is 3.85. The molecule has 0 unspecified atom stereocenters. The maximum atomic E-state index is 10.7. The molecule has 6 nitrogen and oxygen atoms in total. The fourth-order valence-electron chi connectivity index (χ4n) is 2.69. The average molecular weight is 346 g/mol. The Kier molecular flexibility index (Phi) is 6.65. The zero-order valence-corrected chi connectivity index (χ0v) is 14.3. The van der Waals surface area contributed by atoms with Gasteiger partial charge in [0, 0.05) is 12.5 Å². The van der Waals surface area contributed by atoms with Crippen molar-refractivity contribution in [2.75, 3.05) is 27.4 Å². The second kappa shape index (κ2) is 8.94. The minimum Gasteiger partial charge on any atom is -0.493 e. The molecule has 0 aliphatic heterocycles. The first-order valence-corrected chi connectivity index (χ1v) is 7.86. The maximum Gasteiger partial charge on any atom is 0.341 e. The molecule has 0 saturated carbocycles. The lowest BCUT2D eigenvalue weighted by molar-refractivity contribution is -0.139. The first-order chi connectivity index (χ1) is 12.1. The number of aliphatic hydroxyl groups excluding tert-OH is 1. The normalized spacial score (nSPS) is 11.6. The minimum absolute atomic E-state index is 0.0131. The van der Waals surface area contributed by atoms with E-state index < -0.39 is 12.6 Å².